The van der Waals surface area contributed by atoms with Crippen molar-refractivity contribution in [1.29, 1.82) is 0 Å². The SMILES string of the molecule is O=C(O)[C@]1(Cc2cccc(F)c2)CN(c2ccc(C(F)(F)F)cn2)CC[C@@H]1O. The number of rotatable bonds is 4. The van der Waals surface area contributed by atoms with Crippen LogP contribution in [0.1, 0.15) is 17.5 Å². The zero-order valence-corrected chi connectivity index (χ0v) is 14.7. The fourth-order valence-electron chi connectivity index (χ4n) is 3.49. The van der Waals surface area contributed by atoms with Crippen molar-refractivity contribution in [3.05, 3.63) is 59.5 Å². The first-order chi connectivity index (χ1) is 13.1. The van der Waals surface area contributed by atoms with E-state index in [1.807, 2.05) is 0 Å². The molecule has 1 aliphatic rings. The van der Waals surface area contributed by atoms with E-state index >= 15 is 0 Å². The van der Waals surface area contributed by atoms with Crippen LogP contribution >= 0.6 is 0 Å². The minimum atomic E-state index is -4.52. The Bertz CT molecular complexity index is 857. The molecule has 1 aromatic heterocycles. The molecule has 5 nitrogen and oxygen atoms in total. The number of aromatic nitrogens is 1. The standard InChI is InChI=1S/C19H18F4N2O3/c20-14-3-1-2-12(8-14)9-18(17(27)28)11-25(7-6-15(18)26)16-5-4-13(10-24-16)19(21,22)23/h1-5,8,10,15,26H,6-7,9,11H2,(H,27,28)/t15-,18+/m0/s1. The van der Waals surface area contributed by atoms with Crippen LogP contribution < -0.4 is 4.90 Å². The molecule has 2 aromatic rings. The van der Waals surface area contributed by atoms with Gasteiger partial charge in [-0.3, -0.25) is 4.79 Å². The van der Waals surface area contributed by atoms with Gasteiger partial charge in [0.15, 0.2) is 0 Å². The molecule has 9 heteroatoms. The maximum Gasteiger partial charge on any atom is 0.417 e. The molecule has 0 aliphatic carbocycles. The van der Waals surface area contributed by atoms with Gasteiger partial charge in [0.25, 0.3) is 0 Å². The van der Waals surface area contributed by atoms with E-state index in [1.165, 1.54) is 29.2 Å². The molecule has 1 saturated heterocycles. The minimum Gasteiger partial charge on any atom is -0.481 e. The summed E-state index contributed by atoms with van der Waals surface area (Å²) in [5.74, 6) is -1.60. The van der Waals surface area contributed by atoms with Crippen molar-refractivity contribution in [2.75, 3.05) is 18.0 Å². The number of carboxylic acids is 1. The lowest BCUT2D eigenvalue weighted by atomic mass is 9.73. The summed E-state index contributed by atoms with van der Waals surface area (Å²) >= 11 is 0. The van der Waals surface area contributed by atoms with Crippen LogP contribution in [0.25, 0.3) is 0 Å². The monoisotopic (exact) mass is 398 g/mol. The number of carbonyl (C=O) groups is 1. The van der Waals surface area contributed by atoms with Gasteiger partial charge >= 0.3 is 12.1 Å². The fourth-order valence-corrected chi connectivity index (χ4v) is 3.49. The third kappa shape index (κ3) is 3.94. The molecule has 0 unspecified atom stereocenters. The van der Waals surface area contributed by atoms with Crippen LogP contribution in [0.15, 0.2) is 42.6 Å². The van der Waals surface area contributed by atoms with Crippen LogP contribution in [0.3, 0.4) is 0 Å². The van der Waals surface area contributed by atoms with Crippen LogP contribution in [0.2, 0.25) is 0 Å². The Hall–Kier alpha value is -2.68. The molecule has 0 spiro atoms. The second kappa shape index (κ2) is 7.38. The number of alkyl halides is 3. The van der Waals surface area contributed by atoms with E-state index < -0.39 is 35.0 Å². The number of hydrogen-bond donors (Lipinski definition) is 2. The first-order valence-electron chi connectivity index (χ1n) is 8.56. The first kappa shape index (κ1) is 20.1. The van der Waals surface area contributed by atoms with Crippen LogP contribution in [-0.2, 0) is 17.4 Å². The van der Waals surface area contributed by atoms with Crippen LogP contribution in [0.5, 0.6) is 0 Å². The highest BCUT2D eigenvalue weighted by Gasteiger charge is 2.49. The average Bonchev–Trinajstić information content (AvgIpc) is 2.63. The second-order valence-electron chi connectivity index (χ2n) is 6.90. The maximum absolute atomic E-state index is 13.5. The van der Waals surface area contributed by atoms with Gasteiger partial charge in [-0.1, -0.05) is 12.1 Å². The lowest BCUT2D eigenvalue weighted by Gasteiger charge is -2.44. The van der Waals surface area contributed by atoms with Crippen molar-refractivity contribution in [2.24, 2.45) is 5.41 Å². The fraction of sp³-hybridized carbons (Fsp3) is 0.368. The van der Waals surface area contributed by atoms with Crippen molar-refractivity contribution in [3.8, 4) is 0 Å². The number of aliphatic hydroxyl groups is 1. The van der Waals surface area contributed by atoms with Gasteiger partial charge in [0.05, 0.1) is 11.7 Å². The van der Waals surface area contributed by atoms with Crippen molar-refractivity contribution in [2.45, 2.75) is 25.1 Å². The lowest BCUT2D eigenvalue weighted by molar-refractivity contribution is -0.157. The van der Waals surface area contributed by atoms with E-state index in [9.17, 15) is 32.6 Å². The van der Waals surface area contributed by atoms with Crippen LogP contribution in [-0.4, -0.2) is 40.4 Å². The Morgan fingerprint density at radius 1 is 1.29 bits per heavy atom. The minimum absolute atomic E-state index is 0.0876. The van der Waals surface area contributed by atoms with E-state index in [4.69, 9.17) is 0 Å². The molecular weight excluding hydrogens is 380 g/mol. The van der Waals surface area contributed by atoms with Gasteiger partial charge in [-0.2, -0.15) is 13.2 Å². The Morgan fingerprint density at radius 2 is 2.04 bits per heavy atom. The number of aliphatic carboxylic acids is 1. The summed E-state index contributed by atoms with van der Waals surface area (Å²) < 4.78 is 51.7. The summed E-state index contributed by atoms with van der Waals surface area (Å²) in [6, 6.07) is 7.50. The summed E-state index contributed by atoms with van der Waals surface area (Å²) in [6.45, 7) is 0.0656. The maximum atomic E-state index is 13.5. The normalized spacial score (nSPS) is 22.9. The van der Waals surface area contributed by atoms with Crippen molar-refractivity contribution < 1.29 is 32.6 Å². The second-order valence-corrected chi connectivity index (χ2v) is 6.90. The Labute approximate surface area is 158 Å². The van der Waals surface area contributed by atoms with Gasteiger partial charge in [0.2, 0.25) is 0 Å². The summed E-state index contributed by atoms with van der Waals surface area (Å²) in [4.78, 5) is 17.4. The number of hydrogen-bond acceptors (Lipinski definition) is 4. The van der Waals surface area contributed by atoms with E-state index in [0.29, 0.717) is 11.8 Å². The third-order valence-corrected chi connectivity index (χ3v) is 5.02. The molecule has 2 heterocycles. The van der Waals surface area contributed by atoms with Crippen molar-refractivity contribution >= 4 is 11.8 Å². The van der Waals surface area contributed by atoms with Gasteiger partial charge in [0, 0.05) is 19.3 Å². The van der Waals surface area contributed by atoms with Crippen LogP contribution in [0, 0.1) is 11.2 Å². The molecular formula is C19H18F4N2O3. The van der Waals surface area contributed by atoms with E-state index in [0.717, 1.165) is 6.07 Å². The number of aliphatic hydroxyl groups excluding tert-OH is 1. The highest BCUT2D eigenvalue weighted by Crippen LogP contribution is 2.37. The number of halogens is 4. The topological polar surface area (TPSA) is 73.7 Å². The molecule has 0 bridgehead atoms. The highest BCUT2D eigenvalue weighted by molar-refractivity contribution is 5.77. The summed E-state index contributed by atoms with van der Waals surface area (Å²) in [6.07, 6.45) is -5.07. The predicted molar refractivity (Wildman–Crippen MR) is 92.2 cm³/mol. The number of piperidine rings is 1. The zero-order valence-electron chi connectivity index (χ0n) is 14.7. The smallest absolute Gasteiger partial charge is 0.417 e. The molecule has 2 N–H and O–H groups in total. The molecule has 1 fully saturated rings. The largest absolute Gasteiger partial charge is 0.481 e. The zero-order chi connectivity index (χ0) is 20.5. The molecule has 28 heavy (non-hydrogen) atoms. The van der Waals surface area contributed by atoms with Gasteiger partial charge in [-0.15, -0.1) is 0 Å². The molecule has 3 rings (SSSR count). The molecule has 0 radical (unpaired) electrons. The van der Waals surface area contributed by atoms with Crippen molar-refractivity contribution in [3.63, 3.8) is 0 Å². The lowest BCUT2D eigenvalue weighted by Crippen LogP contribution is -2.57. The number of carboxylic acid groups (broad SMARTS) is 1. The number of nitrogens with zero attached hydrogens (tertiary/aromatic N) is 2. The van der Waals surface area contributed by atoms with Gasteiger partial charge in [-0.05, 0) is 42.7 Å². The summed E-state index contributed by atoms with van der Waals surface area (Å²) in [5, 5.41) is 20.3. The summed E-state index contributed by atoms with van der Waals surface area (Å²) in [5.41, 5.74) is -2.14. The Kier molecular flexibility index (Phi) is 5.29. The van der Waals surface area contributed by atoms with E-state index in [2.05, 4.69) is 4.98 Å². The van der Waals surface area contributed by atoms with Crippen molar-refractivity contribution in [1.82, 2.24) is 4.98 Å². The molecule has 2 atom stereocenters. The number of pyridine rings is 1. The molecule has 1 aromatic carbocycles. The highest BCUT2D eigenvalue weighted by atomic mass is 19.4. The van der Waals surface area contributed by atoms with E-state index in [1.54, 1.807) is 6.07 Å². The first-order valence-corrected chi connectivity index (χ1v) is 8.56. The average molecular weight is 398 g/mol. The number of anilines is 1. The van der Waals surface area contributed by atoms with Gasteiger partial charge in [-0.25, -0.2) is 9.37 Å². The molecule has 1 aliphatic heterocycles. The van der Waals surface area contributed by atoms with Gasteiger partial charge in [0.1, 0.15) is 17.1 Å². The Balaban J connectivity index is 1.89. The van der Waals surface area contributed by atoms with Crippen LogP contribution in [0.4, 0.5) is 23.4 Å². The Morgan fingerprint density at radius 3 is 2.61 bits per heavy atom. The predicted octanol–water partition coefficient (Wildman–Crippen LogP) is 3.12. The number of benzene rings is 1. The molecule has 0 saturated carbocycles. The quantitative estimate of drug-likeness (QED) is 0.775. The van der Waals surface area contributed by atoms with E-state index in [-0.39, 0.29) is 31.7 Å². The third-order valence-electron chi connectivity index (χ3n) is 5.02. The van der Waals surface area contributed by atoms with Gasteiger partial charge < -0.3 is 15.1 Å². The molecule has 150 valence electrons. The summed E-state index contributed by atoms with van der Waals surface area (Å²) in [7, 11) is 0. The molecule has 0 amide bonds.